The molecule has 1 saturated carbocycles. The van der Waals surface area contributed by atoms with Crippen molar-refractivity contribution in [3.05, 3.63) is 52.7 Å². The lowest BCUT2D eigenvalue weighted by Crippen LogP contribution is -2.38. The second kappa shape index (κ2) is 8.98. The minimum atomic E-state index is -0.0570. The summed E-state index contributed by atoms with van der Waals surface area (Å²) in [6, 6.07) is 7.20. The van der Waals surface area contributed by atoms with Gasteiger partial charge in [-0.1, -0.05) is 17.8 Å². The molecule has 1 fully saturated rings. The molecule has 3 rings (SSSR count). The molecule has 6 nitrogen and oxygen atoms in total. The molecule has 26 heavy (non-hydrogen) atoms. The van der Waals surface area contributed by atoms with E-state index in [0.29, 0.717) is 18.2 Å². The summed E-state index contributed by atoms with van der Waals surface area (Å²) >= 11 is 1.72. The van der Waals surface area contributed by atoms with Crippen LogP contribution in [0.5, 0.6) is 0 Å². The van der Waals surface area contributed by atoms with Crippen molar-refractivity contribution < 1.29 is 4.79 Å². The molecule has 1 amide bonds. The summed E-state index contributed by atoms with van der Waals surface area (Å²) in [6.45, 7) is 2.31. The van der Waals surface area contributed by atoms with Gasteiger partial charge in [0.05, 0.1) is 0 Å². The van der Waals surface area contributed by atoms with Gasteiger partial charge in [-0.15, -0.1) is 0 Å². The van der Waals surface area contributed by atoms with Crippen LogP contribution < -0.4 is 10.9 Å². The highest BCUT2D eigenvalue weighted by Crippen LogP contribution is 2.31. The lowest BCUT2D eigenvalue weighted by molar-refractivity contribution is -0.122. The van der Waals surface area contributed by atoms with Crippen molar-refractivity contribution in [2.45, 2.75) is 62.0 Å². The van der Waals surface area contributed by atoms with Crippen molar-refractivity contribution in [1.82, 2.24) is 19.9 Å². The smallest absolute Gasteiger partial charge is 0.250 e. The van der Waals surface area contributed by atoms with Crippen molar-refractivity contribution in [3.8, 4) is 0 Å². The Morgan fingerprint density at radius 3 is 2.62 bits per heavy atom. The third-order valence-corrected chi connectivity index (χ3v) is 5.91. The Kier molecular flexibility index (Phi) is 6.44. The van der Waals surface area contributed by atoms with Gasteiger partial charge in [0.15, 0.2) is 5.16 Å². The molecule has 0 atom stereocenters. The summed E-state index contributed by atoms with van der Waals surface area (Å²) in [5, 5.41) is 4.45. The van der Waals surface area contributed by atoms with Gasteiger partial charge in [0.1, 0.15) is 0 Å². The van der Waals surface area contributed by atoms with E-state index in [-0.39, 0.29) is 17.5 Å². The largest absolute Gasteiger partial charge is 0.353 e. The standard InChI is InChI=1S/C19H24N4O2S/c1-14-4-2-5-18(25)23(14)13-10-17(24)22-15-6-8-16(9-7-15)26-19-20-11-3-12-21-19/h2-5,11-12,15-16H,6-10,13H2,1H3,(H,22,24). The first-order valence-electron chi connectivity index (χ1n) is 9.01. The third-order valence-electron chi connectivity index (χ3n) is 4.68. The summed E-state index contributed by atoms with van der Waals surface area (Å²) in [5.74, 6) is 0.0163. The molecule has 7 heteroatoms. The molecule has 2 aromatic heterocycles. The number of hydrogen-bond donors (Lipinski definition) is 1. The van der Waals surface area contributed by atoms with Crippen LogP contribution in [0.1, 0.15) is 37.8 Å². The molecule has 0 aliphatic heterocycles. The van der Waals surface area contributed by atoms with E-state index in [1.54, 1.807) is 34.8 Å². The lowest BCUT2D eigenvalue weighted by atomic mass is 9.95. The highest BCUT2D eigenvalue weighted by atomic mass is 32.2. The van der Waals surface area contributed by atoms with Crippen LogP contribution in [0.15, 0.2) is 46.6 Å². The number of carbonyl (C=O) groups excluding carboxylic acids is 1. The quantitative estimate of drug-likeness (QED) is 0.789. The molecule has 0 saturated heterocycles. The van der Waals surface area contributed by atoms with Crippen molar-refractivity contribution >= 4 is 17.7 Å². The van der Waals surface area contributed by atoms with Crippen molar-refractivity contribution in [2.24, 2.45) is 0 Å². The highest BCUT2D eigenvalue weighted by molar-refractivity contribution is 7.99. The van der Waals surface area contributed by atoms with E-state index in [0.717, 1.165) is 36.5 Å². The van der Waals surface area contributed by atoms with Gasteiger partial charge >= 0.3 is 0 Å². The number of aromatic nitrogens is 3. The van der Waals surface area contributed by atoms with E-state index in [2.05, 4.69) is 15.3 Å². The zero-order chi connectivity index (χ0) is 18.4. The van der Waals surface area contributed by atoms with E-state index in [9.17, 15) is 9.59 Å². The van der Waals surface area contributed by atoms with E-state index in [1.807, 2.05) is 19.1 Å². The van der Waals surface area contributed by atoms with Gasteiger partial charge in [0.25, 0.3) is 5.56 Å². The number of aryl methyl sites for hydroxylation is 1. The summed E-state index contributed by atoms with van der Waals surface area (Å²) in [7, 11) is 0. The fourth-order valence-corrected chi connectivity index (χ4v) is 4.29. The van der Waals surface area contributed by atoms with Crippen LogP contribution in [0.3, 0.4) is 0 Å². The number of carbonyl (C=O) groups is 1. The van der Waals surface area contributed by atoms with Crippen molar-refractivity contribution in [1.29, 1.82) is 0 Å². The van der Waals surface area contributed by atoms with E-state index in [4.69, 9.17) is 0 Å². The van der Waals surface area contributed by atoms with Crippen LogP contribution in [-0.2, 0) is 11.3 Å². The number of pyridine rings is 1. The average Bonchev–Trinajstić information content (AvgIpc) is 2.64. The molecule has 2 aromatic rings. The molecule has 0 bridgehead atoms. The highest BCUT2D eigenvalue weighted by Gasteiger charge is 2.23. The van der Waals surface area contributed by atoms with Crippen LogP contribution in [0.2, 0.25) is 0 Å². The van der Waals surface area contributed by atoms with Gasteiger partial charge in [-0.05, 0) is 44.7 Å². The van der Waals surface area contributed by atoms with Crippen LogP contribution >= 0.6 is 11.8 Å². The van der Waals surface area contributed by atoms with Gasteiger partial charge in [-0.2, -0.15) is 0 Å². The average molecular weight is 372 g/mol. The predicted molar refractivity (Wildman–Crippen MR) is 102 cm³/mol. The Labute approximate surface area is 157 Å². The second-order valence-corrected chi connectivity index (χ2v) is 7.86. The Morgan fingerprint density at radius 2 is 1.92 bits per heavy atom. The van der Waals surface area contributed by atoms with Crippen LogP contribution in [-0.4, -0.2) is 31.7 Å². The number of nitrogens with one attached hydrogen (secondary N) is 1. The van der Waals surface area contributed by atoms with E-state index < -0.39 is 0 Å². The number of hydrogen-bond acceptors (Lipinski definition) is 5. The molecule has 1 aliphatic carbocycles. The monoisotopic (exact) mass is 372 g/mol. The Bertz CT molecular complexity index is 786. The zero-order valence-corrected chi connectivity index (χ0v) is 15.7. The number of thioether (sulfide) groups is 1. The van der Waals surface area contributed by atoms with Gasteiger partial charge in [-0.3, -0.25) is 9.59 Å². The second-order valence-electron chi connectivity index (χ2n) is 6.60. The lowest BCUT2D eigenvalue weighted by Gasteiger charge is -2.28. The molecule has 1 N–H and O–H groups in total. The maximum absolute atomic E-state index is 12.2. The van der Waals surface area contributed by atoms with Crippen LogP contribution in [0.25, 0.3) is 0 Å². The molecule has 0 radical (unpaired) electrons. The fraction of sp³-hybridized carbons (Fsp3) is 0.474. The molecule has 1 aliphatic rings. The molecule has 0 aromatic carbocycles. The maximum atomic E-state index is 12.2. The van der Waals surface area contributed by atoms with E-state index in [1.165, 1.54) is 6.07 Å². The molecule has 2 heterocycles. The minimum Gasteiger partial charge on any atom is -0.353 e. The summed E-state index contributed by atoms with van der Waals surface area (Å²) < 4.78 is 1.65. The number of rotatable bonds is 6. The third kappa shape index (κ3) is 5.17. The molecule has 138 valence electrons. The fourth-order valence-electron chi connectivity index (χ4n) is 3.24. The Balaban J connectivity index is 1.41. The summed E-state index contributed by atoms with van der Waals surface area (Å²) in [4.78, 5) is 32.6. The molecular weight excluding hydrogens is 348 g/mol. The SMILES string of the molecule is Cc1cccc(=O)n1CCC(=O)NC1CCC(Sc2ncccn2)CC1. The number of amides is 1. The summed E-state index contributed by atoms with van der Waals surface area (Å²) in [6.07, 6.45) is 7.90. The molecule has 0 unspecified atom stereocenters. The molecular formula is C19H24N4O2S. The first-order valence-corrected chi connectivity index (χ1v) is 9.89. The predicted octanol–water partition coefficient (Wildman–Crippen LogP) is 2.56. The van der Waals surface area contributed by atoms with Crippen LogP contribution in [0, 0.1) is 6.92 Å². The first-order chi connectivity index (χ1) is 12.6. The Morgan fingerprint density at radius 1 is 1.19 bits per heavy atom. The van der Waals surface area contributed by atoms with Crippen molar-refractivity contribution in [3.63, 3.8) is 0 Å². The van der Waals surface area contributed by atoms with Gasteiger partial charge in [0, 0.05) is 48.4 Å². The first kappa shape index (κ1) is 18.6. The maximum Gasteiger partial charge on any atom is 0.250 e. The van der Waals surface area contributed by atoms with Gasteiger partial charge < -0.3 is 9.88 Å². The minimum absolute atomic E-state index is 0.0163. The van der Waals surface area contributed by atoms with Gasteiger partial charge in [0.2, 0.25) is 5.91 Å². The van der Waals surface area contributed by atoms with E-state index >= 15 is 0 Å². The zero-order valence-electron chi connectivity index (χ0n) is 14.9. The van der Waals surface area contributed by atoms with Crippen LogP contribution in [0.4, 0.5) is 0 Å². The summed E-state index contributed by atoms with van der Waals surface area (Å²) in [5.41, 5.74) is 0.824. The number of nitrogens with zero attached hydrogens (tertiary/aromatic N) is 3. The van der Waals surface area contributed by atoms with Gasteiger partial charge in [-0.25, -0.2) is 9.97 Å². The topological polar surface area (TPSA) is 76.9 Å². The Hall–Kier alpha value is -2.15. The van der Waals surface area contributed by atoms with Crippen molar-refractivity contribution in [2.75, 3.05) is 0 Å². The molecule has 0 spiro atoms. The normalized spacial score (nSPS) is 19.9.